The number of thiocarbonyl (C=S) groups is 1. The average molecular weight is 422 g/mol. The quantitative estimate of drug-likeness (QED) is 0.422. The molecule has 0 aromatic heterocycles. The summed E-state index contributed by atoms with van der Waals surface area (Å²) >= 11 is 6.35. The SMILES string of the molecule is Cc1ccc(C=C2SC(=S)N(CCC(=O)NC(CC(N)=O)C(=O)O)C2=O)cc1. The predicted octanol–water partition coefficient (Wildman–Crippen LogP) is 1.03. The van der Waals surface area contributed by atoms with E-state index in [2.05, 4.69) is 5.32 Å². The van der Waals surface area contributed by atoms with Gasteiger partial charge >= 0.3 is 5.97 Å². The molecule has 2 rings (SSSR count). The number of carboxylic acid groups (broad SMARTS) is 1. The summed E-state index contributed by atoms with van der Waals surface area (Å²) < 4.78 is 0.322. The van der Waals surface area contributed by atoms with E-state index in [0.29, 0.717) is 9.23 Å². The van der Waals surface area contributed by atoms with Crippen LogP contribution in [0.5, 0.6) is 0 Å². The smallest absolute Gasteiger partial charge is 0.326 e. The molecule has 10 heteroatoms. The van der Waals surface area contributed by atoms with Crippen LogP contribution in [0.4, 0.5) is 0 Å². The van der Waals surface area contributed by atoms with Crippen molar-refractivity contribution in [3.8, 4) is 0 Å². The van der Waals surface area contributed by atoms with Gasteiger partial charge < -0.3 is 16.2 Å². The second-order valence-electron chi connectivity index (χ2n) is 6.12. The molecule has 1 fully saturated rings. The van der Waals surface area contributed by atoms with Gasteiger partial charge in [-0.2, -0.15) is 0 Å². The molecule has 1 aliphatic heterocycles. The summed E-state index contributed by atoms with van der Waals surface area (Å²) in [6.07, 6.45) is 1.06. The minimum absolute atomic E-state index is 0.00461. The zero-order valence-electron chi connectivity index (χ0n) is 15.0. The van der Waals surface area contributed by atoms with Gasteiger partial charge in [0, 0.05) is 13.0 Å². The Labute approximate surface area is 171 Å². The molecular weight excluding hydrogens is 402 g/mol. The number of aryl methyl sites for hydroxylation is 1. The topological polar surface area (TPSA) is 130 Å². The van der Waals surface area contributed by atoms with Crippen LogP contribution in [-0.2, 0) is 19.2 Å². The van der Waals surface area contributed by atoms with Crippen LogP contribution in [-0.4, -0.2) is 50.6 Å². The van der Waals surface area contributed by atoms with Crippen molar-refractivity contribution in [1.82, 2.24) is 10.2 Å². The average Bonchev–Trinajstić information content (AvgIpc) is 2.87. The highest BCUT2D eigenvalue weighted by atomic mass is 32.2. The van der Waals surface area contributed by atoms with Crippen LogP contribution in [0.3, 0.4) is 0 Å². The van der Waals surface area contributed by atoms with Crippen LogP contribution in [0.25, 0.3) is 6.08 Å². The number of hydrogen-bond acceptors (Lipinski definition) is 6. The molecule has 1 saturated heterocycles. The van der Waals surface area contributed by atoms with Crippen molar-refractivity contribution in [2.75, 3.05) is 6.54 Å². The molecule has 1 aliphatic rings. The summed E-state index contributed by atoms with van der Waals surface area (Å²) in [6, 6.07) is 6.24. The maximum Gasteiger partial charge on any atom is 0.326 e. The lowest BCUT2D eigenvalue weighted by atomic mass is 10.1. The number of amides is 3. The first-order valence-corrected chi connectivity index (χ1v) is 9.52. The number of carbonyl (C=O) groups is 4. The van der Waals surface area contributed by atoms with Crippen molar-refractivity contribution in [3.05, 3.63) is 40.3 Å². The summed E-state index contributed by atoms with van der Waals surface area (Å²) in [6.45, 7) is 1.97. The van der Waals surface area contributed by atoms with E-state index >= 15 is 0 Å². The highest BCUT2D eigenvalue weighted by molar-refractivity contribution is 8.26. The fraction of sp³-hybridized carbons (Fsp3) is 0.278. The Morgan fingerprint density at radius 3 is 2.54 bits per heavy atom. The molecule has 1 aromatic rings. The number of primary amides is 1. The number of nitrogens with one attached hydrogen (secondary N) is 1. The first-order chi connectivity index (χ1) is 13.2. The van der Waals surface area contributed by atoms with Crippen molar-refractivity contribution in [2.45, 2.75) is 25.8 Å². The molecule has 1 aromatic carbocycles. The number of benzene rings is 1. The number of thioether (sulfide) groups is 1. The van der Waals surface area contributed by atoms with Gasteiger partial charge in [-0.25, -0.2) is 4.79 Å². The van der Waals surface area contributed by atoms with E-state index in [0.717, 1.165) is 22.9 Å². The number of hydrogen-bond donors (Lipinski definition) is 3. The van der Waals surface area contributed by atoms with E-state index in [1.807, 2.05) is 31.2 Å². The lowest BCUT2D eigenvalue weighted by Crippen LogP contribution is -2.44. The fourth-order valence-corrected chi connectivity index (χ4v) is 3.70. The van der Waals surface area contributed by atoms with Crippen LogP contribution in [0, 0.1) is 6.92 Å². The normalized spacial score (nSPS) is 16.3. The van der Waals surface area contributed by atoms with Crippen LogP contribution in [0.15, 0.2) is 29.2 Å². The second kappa shape index (κ2) is 9.47. The zero-order chi connectivity index (χ0) is 20.8. The molecular formula is C18H19N3O5S2. The van der Waals surface area contributed by atoms with Gasteiger partial charge in [-0.3, -0.25) is 19.3 Å². The fourth-order valence-electron chi connectivity index (χ4n) is 2.39. The molecule has 3 amide bonds. The van der Waals surface area contributed by atoms with Gasteiger partial charge in [0.1, 0.15) is 10.4 Å². The summed E-state index contributed by atoms with van der Waals surface area (Å²) in [5, 5.41) is 11.2. The third-order valence-electron chi connectivity index (χ3n) is 3.85. The molecule has 1 atom stereocenters. The molecule has 0 aliphatic carbocycles. The minimum Gasteiger partial charge on any atom is -0.480 e. The number of carboxylic acids is 1. The molecule has 1 unspecified atom stereocenters. The molecule has 148 valence electrons. The Kier molecular flexibility index (Phi) is 7.30. The Balaban J connectivity index is 1.97. The Hall–Kier alpha value is -2.72. The Bertz CT molecular complexity index is 851. The van der Waals surface area contributed by atoms with Gasteiger partial charge in [0.15, 0.2) is 0 Å². The largest absolute Gasteiger partial charge is 0.480 e. The van der Waals surface area contributed by atoms with Gasteiger partial charge in [0.2, 0.25) is 11.8 Å². The number of nitrogens with zero attached hydrogens (tertiary/aromatic N) is 1. The van der Waals surface area contributed by atoms with Gasteiger partial charge in [0.25, 0.3) is 5.91 Å². The van der Waals surface area contributed by atoms with Crippen LogP contribution >= 0.6 is 24.0 Å². The molecule has 28 heavy (non-hydrogen) atoms. The summed E-state index contributed by atoms with van der Waals surface area (Å²) in [4.78, 5) is 48.2. The summed E-state index contributed by atoms with van der Waals surface area (Å²) in [5.41, 5.74) is 6.94. The van der Waals surface area contributed by atoms with Crippen molar-refractivity contribution >= 4 is 58.1 Å². The number of rotatable bonds is 8. The van der Waals surface area contributed by atoms with Crippen molar-refractivity contribution in [3.63, 3.8) is 0 Å². The van der Waals surface area contributed by atoms with E-state index in [1.54, 1.807) is 6.08 Å². The van der Waals surface area contributed by atoms with E-state index in [9.17, 15) is 19.2 Å². The zero-order valence-corrected chi connectivity index (χ0v) is 16.6. The summed E-state index contributed by atoms with van der Waals surface area (Å²) in [7, 11) is 0. The van der Waals surface area contributed by atoms with Crippen molar-refractivity contribution in [1.29, 1.82) is 0 Å². The van der Waals surface area contributed by atoms with Gasteiger partial charge in [-0.1, -0.05) is 53.8 Å². The van der Waals surface area contributed by atoms with Crippen molar-refractivity contribution in [2.24, 2.45) is 5.73 Å². The molecule has 4 N–H and O–H groups in total. The van der Waals surface area contributed by atoms with E-state index in [1.165, 1.54) is 4.90 Å². The second-order valence-corrected chi connectivity index (χ2v) is 7.80. The lowest BCUT2D eigenvalue weighted by Gasteiger charge is -2.16. The lowest BCUT2D eigenvalue weighted by molar-refractivity contribution is -0.143. The Morgan fingerprint density at radius 1 is 1.32 bits per heavy atom. The molecule has 8 nitrogen and oxygen atoms in total. The van der Waals surface area contributed by atoms with Crippen LogP contribution in [0.1, 0.15) is 24.0 Å². The van der Waals surface area contributed by atoms with Crippen molar-refractivity contribution < 1.29 is 24.3 Å². The molecule has 0 spiro atoms. The third-order valence-corrected chi connectivity index (χ3v) is 5.23. The highest BCUT2D eigenvalue weighted by Gasteiger charge is 2.32. The van der Waals surface area contributed by atoms with E-state index < -0.39 is 30.2 Å². The predicted molar refractivity (Wildman–Crippen MR) is 109 cm³/mol. The first-order valence-electron chi connectivity index (χ1n) is 8.30. The monoisotopic (exact) mass is 421 g/mol. The molecule has 1 heterocycles. The molecule has 0 bridgehead atoms. The number of aliphatic carboxylic acids is 1. The van der Waals surface area contributed by atoms with Crippen LogP contribution < -0.4 is 11.1 Å². The molecule has 0 radical (unpaired) electrons. The first kappa shape index (κ1) is 21.6. The standard InChI is InChI=1S/C18H19N3O5S2/c1-10-2-4-11(5-3-10)8-13-16(24)21(18(27)28-13)7-6-15(23)20-12(17(25)26)9-14(19)22/h2-5,8,12H,6-7,9H2,1H3,(H2,19,22)(H,20,23)(H,25,26). The minimum atomic E-state index is -1.40. The number of nitrogens with two attached hydrogens (primary N) is 1. The van der Waals surface area contributed by atoms with E-state index in [-0.39, 0.29) is 18.9 Å². The Morgan fingerprint density at radius 2 is 1.96 bits per heavy atom. The van der Waals surface area contributed by atoms with Gasteiger partial charge in [0.05, 0.1) is 11.3 Å². The van der Waals surface area contributed by atoms with E-state index in [4.69, 9.17) is 23.1 Å². The highest BCUT2D eigenvalue weighted by Crippen LogP contribution is 2.32. The maximum absolute atomic E-state index is 12.5. The third kappa shape index (κ3) is 5.89. The summed E-state index contributed by atoms with van der Waals surface area (Å²) in [5.74, 6) is -3.13. The van der Waals surface area contributed by atoms with Gasteiger partial charge in [-0.15, -0.1) is 0 Å². The molecule has 0 saturated carbocycles. The maximum atomic E-state index is 12.5. The number of carbonyl (C=O) groups excluding carboxylic acids is 3. The van der Waals surface area contributed by atoms with Crippen LogP contribution in [0.2, 0.25) is 0 Å². The van der Waals surface area contributed by atoms with Gasteiger partial charge in [-0.05, 0) is 18.6 Å².